The average Bonchev–Trinajstić information content (AvgIpc) is 2.47. The van der Waals surface area contributed by atoms with Gasteiger partial charge in [0, 0.05) is 13.6 Å². The van der Waals surface area contributed by atoms with Crippen molar-refractivity contribution in [1.29, 1.82) is 0 Å². The second-order valence-corrected chi connectivity index (χ2v) is 9.89. The van der Waals surface area contributed by atoms with E-state index in [0.717, 1.165) is 32.1 Å². The van der Waals surface area contributed by atoms with Crippen molar-refractivity contribution in [2.75, 3.05) is 26.5 Å². The molecule has 0 heterocycles. The lowest BCUT2D eigenvalue weighted by Gasteiger charge is -2.30. The van der Waals surface area contributed by atoms with Gasteiger partial charge in [-0.25, -0.2) is 4.79 Å². The summed E-state index contributed by atoms with van der Waals surface area (Å²) >= 11 is 0. The Morgan fingerprint density at radius 2 is 1.60 bits per heavy atom. The van der Waals surface area contributed by atoms with Crippen molar-refractivity contribution in [1.82, 2.24) is 4.90 Å². The van der Waals surface area contributed by atoms with Crippen molar-refractivity contribution in [3.05, 3.63) is 0 Å². The summed E-state index contributed by atoms with van der Waals surface area (Å²) in [6.07, 6.45) is 8.39. The molecule has 148 valence electrons. The van der Waals surface area contributed by atoms with Crippen molar-refractivity contribution in [3.63, 3.8) is 0 Å². The molecule has 0 aromatic carbocycles. The van der Waals surface area contributed by atoms with E-state index in [9.17, 15) is 13.2 Å². The van der Waals surface area contributed by atoms with Gasteiger partial charge in [-0.2, -0.15) is 8.42 Å². The van der Waals surface area contributed by atoms with Crippen LogP contribution in [0.1, 0.15) is 65.7 Å². The average molecular weight is 378 g/mol. The highest BCUT2D eigenvalue weighted by Crippen LogP contribution is 2.33. The van der Waals surface area contributed by atoms with Crippen LogP contribution in [0.15, 0.2) is 0 Å². The highest BCUT2D eigenvalue weighted by atomic mass is 32.2. The molecule has 7 heteroatoms. The lowest BCUT2D eigenvalue weighted by atomic mass is 9.79. The summed E-state index contributed by atoms with van der Waals surface area (Å²) < 4.78 is 32.0. The van der Waals surface area contributed by atoms with E-state index in [0.29, 0.717) is 18.4 Å². The fourth-order valence-electron chi connectivity index (χ4n) is 3.20. The first-order chi connectivity index (χ1) is 11.5. The number of nitrogens with zero attached hydrogens (tertiary/aromatic N) is 1. The minimum absolute atomic E-state index is 0.257. The summed E-state index contributed by atoms with van der Waals surface area (Å²) in [7, 11) is -1.52. The molecule has 1 amide bonds. The minimum Gasteiger partial charge on any atom is -0.444 e. The molecule has 0 radical (unpaired) electrons. The predicted octanol–water partition coefficient (Wildman–Crippen LogP) is 3.81. The highest BCUT2D eigenvalue weighted by molar-refractivity contribution is 7.85. The van der Waals surface area contributed by atoms with E-state index in [1.54, 1.807) is 11.9 Å². The smallest absolute Gasteiger partial charge is 0.410 e. The number of amides is 1. The molecule has 1 aliphatic carbocycles. The monoisotopic (exact) mass is 377 g/mol. The third-order valence-electron chi connectivity index (χ3n) is 4.60. The Morgan fingerprint density at radius 1 is 1.08 bits per heavy atom. The molecule has 25 heavy (non-hydrogen) atoms. The van der Waals surface area contributed by atoms with Crippen LogP contribution in [0.4, 0.5) is 4.79 Å². The quantitative estimate of drug-likeness (QED) is 0.475. The summed E-state index contributed by atoms with van der Waals surface area (Å²) in [5.74, 6) is 1.33. The number of hydrogen-bond acceptors (Lipinski definition) is 5. The normalized spacial score (nSPS) is 21.8. The number of hydrogen-bond donors (Lipinski definition) is 0. The second kappa shape index (κ2) is 9.76. The summed E-state index contributed by atoms with van der Waals surface area (Å²) in [5.41, 5.74) is -0.454. The zero-order valence-electron chi connectivity index (χ0n) is 16.4. The zero-order chi connectivity index (χ0) is 19.1. The SMILES string of the molecule is CN(CCC1CCC(CCCOS(C)(=O)=O)CC1)C(=O)OC(C)(C)C. The summed E-state index contributed by atoms with van der Waals surface area (Å²) in [4.78, 5) is 13.6. The van der Waals surface area contributed by atoms with Crippen LogP contribution < -0.4 is 0 Å². The fourth-order valence-corrected chi connectivity index (χ4v) is 3.62. The number of ether oxygens (including phenoxy) is 1. The van der Waals surface area contributed by atoms with Crippen LogP contribution in [-0.4, -0.2) is 51.5 Å². The van der Waals surface area contributed by atoms with Gasteiger partial charge in [-0.15, -0.1) is 0 Å². The third kappa shape index (κ3) is 10.7. The molecule has 0 unspecified atom stereocenters. The molecule has 1 aliphatic rings. The largest absolute Gasteiger partial charge is 0.444 e. The maximum atomic E-state index is 11.9. The molecule has 0 atom stereocenters. The molecule has 1 rings (SSSR count). The van der Waals surface area contributed by atoms with Crippen molar-refractivity contribution < 1.29 is 22.1 Å². The molecule has 1 fully saturated rings. The van der Waals surface area contributed by atoms with Gasteiger partial charge in [-0.3, -0.25) is 4.18 Å². The van der Waals surface area contributed by atoms with Gasteiger partial charge in [0.05, 0.1) is 12.9 Å². The lowest BCUT2D eigenvalue weighted by Crippen LogP contribution is -2.35. The molecule has 0 aromatic rings. The molecule has 6 nitrogen and oxygen atoms in total. The standard InChI is InChI=1S/C18H35NO5S/c1-18(2,3)24-17(20)19(4)13-12-16-10-8-15(9-11-16)7-6-14-23-25(5,21)22/h15-16H,6-14H2,1-5H3. The first-order valence-corrected chi connectivity index (χ1v) is 11.1. The number of carbonyl (C=O) groups excluding carboxylic acids is 1. The van der Waals surface area contributed by atoms with Crippen LogP contribution >= 0.6 is 0 Å². The van der Waals surface area contributed by atoms with Crippen LogP contribution in [0.5, 0.6) is 0 Å². The van der Waals surface area contributed by atoms with Crippen molar-refractivity contribution in [2.24, 2.45) is 11.8 Å². The second-order valence-electron chi connectivity index (χ2n) is 8.25. The van der Waals surface area contributed by atoms with Crippen LogP contribution in [0.2, 0.25) is 0 Å². The molecule has 0 aliphatic heterocycles. The van der Waals surface area contributed by atoms with Crippen molar-refractivity contribution in [2.45, 2.75) is 71.3 Å². The summed E-state index contributed by atoms with van der Waals surface area (Å²) in [5, 5.41) is 0. The Balaban J connectivity index is 2.17. The Bertz CT molecular complexity index is 504. The molecular weight excluding hydrogens is 342 g/mol. The molecule has 0 bridgehead atoms. The topological polar surface area (TPSA) is 72.9 Å². The maximum absolute atomic E-state index is 11.9. The first kappa shape index (κ1) is 22.2. The number of carbonyl (C=O) groups is 1. The molecule has 0 N–H and O–H groups in total. The molecule has 1 saturated carbocycles. The molecular formula is C18H35NO5S. The number of rotatable bonds is 8. The Morgan fingerprint density at radius 3 is 2.08 bits per heavy atom. The summed E-state index contributed by atoms with van der Waals surface area (Å²) in [6.45, 7) is 6.65. The molecule has 0 aromatic heterocycles. The van der Waals surface area contributed by atoms with Gasteiger partial charge >= 0.3 is 6.09 Å². The van der Waals surface area contributed by atoms with Crippen molar-refractivity contribution >= 4 is 16.2 Å². The maximum Gasteiger partial charge on any atom is 0.410 e. The van der Waals surface area contributed by atoms with E-state index < -0.39 is 15.7 Å². The van der Waals surface area contributed by atoms with Crippen LogP contribution in [0.3, 0.4) is 0 Å². The van der Waals surface area contributed by atoms with Gasteiger partial charge in [0.2, 0.25) is 0 Å². The van der Waals surface area contributed by atoms with E-state index in [1.165, 1.54) is 25.7 Å². The minimum atomic E-state index is -3.31. The van der Waals surface area contributed by atoms with Gasteiger partial charge in [-0.05, 0) is 51.9 Å². The van der Waals surface area contributed by atoms with Crippen LogP contribution in [0, 0.1) is 11.8 Å². The van der Waals surface area contributed by atoms with E-state index >= 15 is 0 Å². The van der Waals surface area contributed by atoms with Gasteiger partial charge in [0.1, 0.15) is 5.60 Å². The van der Waals surface area contributed by atoms with E-state index in [2.05, 4.69) is 0 Å². The van der Waals surface area contributed by atoms with Crippen molar-refractivity contribution in [3.8, 4) is 0 Å². The lowest BCUT2D eigenvalue weighted by molar-refractivity contribution is 0.0286. The van der Waals surface area contributed by atoms with Gasteiger partial charge in [-0.1, -0.05) is 25.7 Å². The predicted molar refractivity (Wildman–Crippen MR) is 99.0 cm³/mol. The Kier molecular flexibility index (Phi) is 8.68. The Hall–Kier alpha value is -0.820. The highest BCUT2D eigenvalue weighted by Gasteiger charge is 2.23. The third-order valence-corrected chi connectivity index (χ3v) is 5.19. The first-order valence-electron chi connectivity index (χ1n) is 9.25. The van der Waals surface area contributed by atoms with Crippen LogP contribution in [-0.2, 0) is 19.0 Å². The molecule has 0 spiro atoms. The Labute approximate surface area is 153 Å². The zero-order valence-corrected chi connectivity index (χ0v) is 17.2. The van der Waals surface area contributed by atoms with Gasteiger partial charge in [0.25, 0.3) is 10.1 Å². The van der Waals surface area contributed by atoms with Crippen LogP contribution in [0.25, 0.3) is 0 Å². The summed E-state index contributed by atoms with van der Waals surface area (Å²) in [6, 6.07) is 0. The van der Waals surface area contributed by atoms with Gasteiger partial charge < -0.3 is 9.64 Å². The fraction of sp³-hybridized carbons (Fsp3) is 0.944. The van der Waals surface area contributed by atoms with E-state index in [-0.39, 0.29) is 6.09 Å². The van der Waals surface area contributed by atoms with E-state index in [4.69, 9.17) is 8.92 Å². The molecule has 0 saturated heterocycles. The van der Waals surface area contributed by atoms with Gasteiger partial charge in [0.15, 0.2) is 0 Å². The van der Waals surface area contributed by atoms with E-state index in [1.807, 2.05) is 20.8 Å².